The lowest BCUT2D eigenvalue weighted by Gasteiger charge is -2.47. The summed E-state index contributed by atoms with van der Waals surface area (Å²) >= 11 is 0. The van der Waals surface area contributed by atoms with Crippen molar-refractivity contribution in [3.63, 3.8) is 0 Å². The van der Waals surface area contributed by atoms with E-state index in [1.54, 1.807) is 6.08 Å². The topological polar surface area (TPSA) is 37.3 Å². The molecule has 0 aliphatic heterocycles. The van der Waals surface area contributed by atoms with E-state index in [0.717, 1.165) is 24.0 Å². The van der Waals surface area contributed by atoms with E-state index in [9.17, 15) is 9.90 Å². The van der Waals surface area contributed by atoms with Crippen LogP contribution in [0.2, 0.25) is 0 Å². The van der Waals surface area contributed by atoms with Crippen LogP contribution >= 0.6 is 0 Å². The molecule has 0 bridgehead atoms. The molecule has 0 saturated heterocycles. The molecule has 1 saturated carbocycles. The summed E-state index contributed by atoms with van der Waals surface area (Å²) in [5.41, 5.74) is 2.17. The van der Waals surface area contributed by atoms with Gasteiger partial charge in [0.2, 0.25) is 0 Å². The highest BCUT2D eigenvalue weighted by Crippen LogP contribution is 2.52. The lowest BCUT2D eigenvalue weighted by molar-refractivity contribution is -0.119. The van der Waals surface area contributed by atoms with Crippen LogP contribution in [0.1, 0.15) is 40.0 Å². The second-order valence-corrected chi connectivity index (χ2v) is 6.09. The molecule has 0 heterocycles. The predicted octanol–water partition coefficient (Wildman–Crippen LogP) is 2.88. The molecule has 2 heteroatoms. The van der Waals surface area contributed by atoms with Crippen LogP contribution < -0.4 is 0 Å². The number of ketones is 1. The van der Waals surface area contributed by atoms with E-state index >= 15 is 0 Å². The third-order valence-electron chi connectivity index (χ3n) is 4.79. The van der Waals surface area contributed by atoms with E-state index in [1.807, 2.05) is 6.92 Å². The van der Waals surface area contributed by atoms with Gasteiger partial charge < -0.3 is 5.11 Å². The zero-order valence-corrected chi connectivity index (χ0v) is 11.0. The summed E-state index contributed by atoms with van der Waals surface area (Å²) in [6.45, 7) is 10.3. The summed E-state index contributed by atoms with van der Waals surface area (Å²) in [5, 5.41) is 9.82. The Morgan fingerprint density at radius 1 is 1.59 bits per heavy atom. The van der Waals surface area contributed by atoms with Gasteiger partial charge in [0.25, 0.3) is 0 Å². The molecule has 94 valence electrons. The van der Waals surface area contributed by atoms with E-state index in [-0.39, 0.29) is 23.2 Å². The third-order valence-corrected chi connectivity index (χ3v) is 4.79. The standard InChI is InChI=1S/C15H22O2/c1-9(2)13-8-15(4)10(3)5-12(16)6-11(15)7-14(13)17/h7,10,12-13,16H,1,5-6,8H2,2-4H3/t10-,12-,13-,15-/m0/s1. The molecule has 17 heavy (non-hydrogen) atoms. The fourth-order valence-electron chi connectivity index (χ4n) is 3.33. The van der Waals surface area contributed by atoms with Crippen molar-refractivity contribution in [2.24, 2.45) is 17.3 Å². The van der Waals surface area contributed by atoms with Crippen LogP contribution in [0.25, 0.3) is 0 Å². The molecule has 1 N–H and O–H groups in total. The first-order valence-electron chi connectivity index (χ1n) is 6.43. The Balaban J connectivity index is 2.38. The van der Waals surface area contributed by atoms with Gasteiger partial charge in [0.1, 0.15) is 0 Å². The van der Waals surface area contributed by atoms with Crippen LogP contribution in [0.5, 0.6) is 0 Å². The van der Waals surface area contributed by atoms with Gasteiger partial charge in [-0.15, -0.1) is 0 Å². The van der Waals surface area contributed by atoms with Crippen LogP contribution in [-0.4, -0.2) is 17.0 Å². The van der Waals surface area contributed by atoms with Crippen molar-refractivity contribution in [1.82, 2.24) is 0 Å². The minimum Gasteiger partial charge on any atom is -0.393 e. The number of rotatable bonds is 1. The molecule has 0 amide bonds. The molecule has 0 spiro atoms. The average molecular weight is 234 g/mol. The highest BCUT2D eigenvalue weighted by Gasteiger charge is 2.46. The number of hydrogen-bond acceptors (Lipinski definition) is 2. The van der Waals surface area contributed by atoms with Gasteiger partial charge in [-0.2, -0.15) is 0 Å². The van der Waals surface area contributed by atoms with Gasteiger partial charge in [-0.3, -0.25) is 4.79 Å². The van der Waals surface area contributed by atoms with Crippen LogP contribution in [0.4, 0.5) is 0 Å². The van der Waals surface area contributed by atoms with Gasteiger partial charge in [-0.1, -0.05) is 31.6 Å². The molecule has 2 aliphatic carbocycles. The maximum atomic E-state index is 12.0. The summed E-state index contributed by atoms with van der Waals surface area (Å²) in [5.74, 6) is 0.570. The van der Waals surface area contributed by atoms with Crippen molar-refractivity contribution in [2.75, 3.05) is 0 Å². The summed E-state index contributed by atoms with van der Waals surface area (Å²) in [6, 6.07) is 0. The molecular weight excluding hydrogens is 212 g/mol. The average Bonchev–Trinajstić information content (AvgIpc) is 2.20. The summed E-state index contributed by atoms with van der Waals surface area (Å²) < 4.78 is 0. The van der Waals surface area contributed by atoms with Gasteiger partial charge in [-0.05, 0) is 43.6 Å². The van der Waals surface area contributed by atoms with Gasteiger partial charge in [-0.25, -0.2) is 0 Å². The maximum Gasteiger partial charge on any atom is 0.162 e. The molecule has 2 nitrogen and oxygen atoms in total. The molecule has 1 fully saturated rings. The number of fused-ring (bicyclic) bond motifs is 1. The van der Waals surface area contributed by atoms with Crippen molar-refractivity contribution in [1.29, 1.82) is 0 Å². The zero-order valence-electron chi connectivity index (χ0n) is 11.0. The smallest absolute Gasteiger partial charge is 0.162 e. The molecule has 0 unspecified atom stereocenters. The largest absolute Gasteiger partial charge is 0.393 e. The second-order valence-electron chi connectivity index (χ2n) is 6.09. The Labute approximate surface area is 103 Å². The van der Waals surface area contributed by atoms with E-state index in [0.29, 0.717) is 12.3 Å². The molecular formula is C15H22O2. The third kappa shape index (κ3) is 1.99. The Hall–Kier alpha value is -0.890. The first-order valence-corrected chi connectivity index (χ1v) is 6.43. The van der Waals surface area contributed by atoms with Crippen LogP contribution in [0, 0.1) is 17.3 Å². The molecule has 2 rings (SSSR count). The predicted molar refractivity (Wildman–Crippen MR) is 68.5 cm³/mol. The molecule has 2 aliphatic rings. The fourth-order valence-corrected chi connectivity index (χ4v) is 3.33. The van der Waals surface area contributed by atoms with E-state index in [4.69, 9.17) is 0 Å². The lowest BCUT2D eigenvalue weighted by atomic mass is 9.57. The first kappa shape index (κ1) is 12.6. The zero-order chi connectivity index (χ0) is 12.8. The quantitative estimate of drug-likeness (QED) is 0.708. The van der Waals surface area contributed by atoms with Crippen molar-refractivity contribution in [3.05, 3.63) is 23.8 Å². The number of carbonyl (C=O) groups excluding carboxylic acids is 1. The molecule has 0 aromatic heterocycles. The Bertz CT molecular complexity index is 394. The molecule has 0 aromatic carbocycles. The molecule has 0 aromatic rings. The molecule has 4 atom stereocenters. The normalized spacial score (nSPS) is 41.8. The SMILES string of the molecule is C=C(C)[C@@H]1C[C@]2(C)C(=CC1=O)C[C@@H](O)C[C@@H]2C. The minimum atomic E-state index is -0.279. The van der Waals surface area contributed by atoms with Gasteiger partial charge in [0.05, 0.1) is 6.10 Å². The first-order chi connectivity index (χ1) is 7.84. The Morgan fingerprint density at radius 2 is 2.24 bits per heavy atom. The fraction of sp³-hybridized carbons (Fsp3) is 0.667. The van der Waals surface area contributed by atoms with Crippen molar-refractivity contribution < 1.29 is 9.90 Å². The minimum absolute atomic E-state index is 0.0264. The second kappa shape index (κ2) is 4.09. The van der Waals surface area contributed by atoms with Crippen molar-refractivity contribution in [2.45, 2.75) is 46.1 Å². The number of aliphatic hydroxyl groups is 1. The summed E-state index contributed by atoms with van der Waals surface area (Å²) in [6.07, 6.45) is 3.86. The van der Waals surface area contributed by atoms with Crippen molar-refractivity contribution >= 4 is 5.78 Å². The van der Waals surface area contributed by atoms with Crippen LogP contribution in [0.3, 0.4) is 0 Å². The number of allylic oxidation sites excluding steroid dienone is 2. The molecule has 0 radical (unpaired) electrons. The van der Waals surface area contributed by atoms with E-state index < -0.39 is 0 Å². The van der Waals surface area contributed by atoms with Gasteiger partial charge >= 0.3 is 0 Å². The number of hydrogen-bond donors (Lipinski definition) is 1. The number of aliphatic hydroxyl groups excluding tert-OH is 1. The van der Waals surface area contributed by atoms with E-state index in [1.165, 1.54) is 0 Å². The van der Waals surface area contributed by atoms with Gasteiger partial charge in [0.15, 0.2) is 5.78 Å². The van der Waals surface area contributed by atoms with Crippen molar-refractivity contribution in [3.8, 4) is 0 Å². The van der Waals surface area contributed by atoms with E-state index in [2.05, 4.69) is 20.4 Å². The highest BCUT2D eigenvalue weighted by atomic mass is 16.3. The summed E-state index contributed by atoms with van der Waals surface area (Å²) in [7, 11) is 0. The highest BCUT2D eigenvalue weighted by molar-refractivity contribution is 5.95. The maximum absolute atomic E-state index is 12.0. The summed E-state index contributed by atoms with van der Waals surface area (Å²) in [4.78, 5) is 12.0. The lowest BCUT2D eigenvalue weighted by Crippen LogP contribution is -2.42. The number of carbonyl (C=O) groups is 1. The van der Waals surface area contributed by atoms with Crippen LogP contribution in [0.15, 0.2) is 23.8 Å². The van der Waals surface area contributed by atoms with Gasteiger partial charge in [0, 0.05) is 5.92 Å². The Kier molecular flexibility index (Phi) is 3.03. The monoisotopic (exact) mass is 234 g/mol. The van der Waals surface area contributed by atoms with Crippen LogP contribution in [-0.2, 0) is 4.79 Å². The Morgan fingerprint density at radius 3 is 2.82 bits per heavy atom.